The maximum Gasteiger partial charge on any atom is 0.143 e. The second-order valence-electron chi connectivity index (χ2n) is 4.49. The van der Waals surface area contributed by atoms with Gasteiger partial charge in [0.05, 0.1) is 16.1 Å². The summed E-state index contributed by atoms with van der Waals surface area (Å²) in [6.07, 6.45) is 0. The minimum absolute atomic E-state index is 0.0321. The lowest BCUT2D eigenvalue weighted by molar-refractivity contribution is 0.409. The van der Waals surface area contributed by atoms with Crippen LogP contribution in [0.2, 0.25) is 0 Å². The summed E-state index contributed by atoms with van der Waals surface area (Å²) in [6, 6.07) is 9.44. The van der Waals surface area contributed by atoms with E-state index in [4.69, 9.17) is 15.2 Å². The van der Waals surface area contributed by atoms with Gasteiger partial charge in [0.15, 0.2) is 0 Å². The maximum atomic E-state index is 5.90. The first-order chi connectivity index (χ1) is 9.92. The summed E-state index contributed by atoms with van der Waals surface area (Å²) < 4.78 is 13.7. The van der Waals surface area contributed by atoms with Gasteiger partial charge in [-0.15, -0.1) is 0 Å². The molecule has 1 atom stereocenters. The van der Waals surface area contributed by atoms with Crippen molar-refractivity contribution in [3.63, 3.8) is 0 Å². The van der Waals surface area contributed by atoms with Crippen LogP contribution >= 0.6 is 47.8 Å². The zero-order valence-electron chi connectivity index (χ0n) is 11.5. The Bertz CT molecular complexity index is 660. The first-order valence-electron chi connectivity index (χ1n) is 6.18. The Morgan fingerprint density at radius 3 is 2.14 bits per heavy atom. The molecule has 0 radical (unpaired) electrons. The van der Waals surface area contributed by atoms with E-state index in [9.17, 15) is 0 Å². The molecule has 0 amide bonds. The predicted octanol–water partition coefficient (Wildman–Crippen LogP) is 5.79. The molecule has 0 aromatic heterocycles. The topological polar surface area (TPSA) is 44.5 Å². The molecule has 2 rings (SSSR count). The van der Waals surface area contributed by atoms with E-state index in [0.29, 0.717) is 5.75 Å². The van der Waals surface area contributed by atoms with Crippen LogP contribution in [0, 0.1) is 0 Å². The number of benzene rings is 2. The molecule has 0 aliphatic rings. The second kappa shape index (κ2) is 7.13. The zero-order valence-corrected chi connectivity index (χ0v) is 16.2. The molecule has 0 aliphatic carbocycles. The number of ether oxygens (including phenoxy) is 2. The quantitative estimate of drug-likeness (QED) is 0.603. The molecule has 0 saturated heterocycles. The first-order valence-corrected chi connectivity index (χ1v) is 8.56. The van der Waals surface area contributed by atoms with Gasteiger partial charge in [0.2, 0.25) is 0 Å². The third-order valence-electron chi connectivity index (χ3n) is 2.90. The fraction of sp³-hybridized carbons (Fsp3) is 0.200. The summed E-state index contributed by atoms with van der Waals surface area (Å²) >= 11 is 10.4. The molecular weight excluding hydrogens is 466 g/mol. The number of nitrogens with two attached hydrogens (primary N) is 1. The molecular formula is C15H14Br3NO2. The average Bonchev–Trinajstić information content (AvgIpc) is 2.42. The molecule has 0 bridgehead atoms. The molecule has 0 unspecified atom stereocenters. The van der Waals surface area contributed by atoms with Gasteiger partial charge in [-0.3, -0.25) is 0 Å². The van der Waals surface area contributed by atoms with E-state index in [1.165, 1.54) is 0 Å². The van der Waals surface area contributed by atoms with Crippen LogP contribution in [0.25, 0.3) is 0 Å². The van der Waals surface area contributed by atoms with Crippen molar-refractivity contribution in [2.45, 2.75) is 13.0 Å². The van der Waals surface area contributed by atoms with E-state index >= 15 is 0 Å². The van der Waals surface area contributed by atoms with Crippen molar-refractivity contribution < 1.29 is 9.47 Å². The van der Waals surface area contributed by atoms with Crippen molar-refractivity contribution in [2.24, 2.45) is 5.73 Å². The Morgan fingerprint density at radius 2 is 1.57 bits per heavy atom. The van der Waals surface area contributed by atoms with Crippen molar-refractivity contribution in [1.29, 1.82) is 0 Å². The van der Waals surface area contributed by atoms with Gasteiger partial charge in [-0.05, 0) is 68.6 Å². The number of hydrogen-bond acceptors (Lipinski definition) is 3. The molecule has 21 heavy (non-hydrogen) atoms. The fourth-order valence-electron chi connectivity index (χ4n) is 1.81. The molecule has 0 heterocycles. The molecule has 0 saturated carbocycles. The molecule has 3 nitrogen and oxygen atoms in total. The van der Waals surface area contributed by atoms with Crippen LogP contribution in [0.5, 0.6) is 17.2 Å². The molecule has 0 fully saturated rings. The van der Waals surface area contributed by atoms with Gasteiger partial charge in [0.1, 0.15) is 17.2 Å². The second-order valence-corrected chi connectivity index (χ2v) is 7.05. The highest BCUT2D eigenvalue weighted by atomic mass is 79.9. The van der Waals surface area contributed by atoms with Crippen LogP contribution in [-0.4, -0.2) is 7.11 Å². The molecule has 6 heteroatoms. The molecule has 0 spiro atoms. The van der Waals surface area contributed by atoms with Gasteiger partial charge in [0, 0.05) is 10.5 Å². The van der Waals surface area contributed by atoms with Crippen LogP contribution in [0.4, 0.5) is 0 Å². The maximum absolute atomic E-state index is 5.90. The number of halogens is 3. The molecule has 0 aliphatic heterocycles. The van der Waals surface area contributed by atoms with Crippen molar-refractivity contribution in [1.82, 2.24) is 0 Å². The molecule has 2 aromatic rings. The van der Waals surface area contributed by atoms with E-state index in [1.54, 1.807) is 7.11 Å². The smallest absolute Gasteiger partial charge is 0.143 e. The summed E-state index contributed by atoms with van der Waals surface area (Å²) in [6.45, 7) is 1.94. The van der Waals surface area contributed by atoms with E-state index in [2.05, 4.69) is 47.8 Å². The predicted molar refractivity (Wildman–Crippen MR) is 95.2 cm³/mol. The summed E-state index contributed by atoms with van der Waals surface area (Å²) in [5.74, 6) is 2.16. The Morgan fingerprint density at radius 1 is 0.952 bits per heavy atom. The van der Waals surface area contributed by atoms with E-state index in [1.807, 2.05) is 37.3 Å². The molecule has 112 valence electrons. The van der Waals surface area contributed by atoms with Crippen molar-refractivity contribution in [3.8, 4) is 17.2 Å². The van der Waals surface area contributed by atoms with Crippen LogP contribution in [0.3, 0.4) is 0 Å². The van der Waals surface area contributed by atoms with Gasteiger partial charge in [-0.2, -0.15) is 0 Å². The monoisotopic (exact) mass is 477 g/mol. The van der Waals surface area contributed by atoms with Gasteiger partial charge in [0.25, 0.3) is 0 Å². The number of methoxy groups -OCH3 is 1. The largest absolute Gasteiger partial charge is 0.496 e. The number of rotatable bonds is 4. The highest BCUT2D eigenvalue weighted by Crippen LogP contribution is 2.39. The van der Waals surface area contributed by atoms with Gasteiger partial charge in [-0.25, -0.2) is 0 Å². The molecule has 2 N–H and O–H groups in total. The zero-order chi connectivity index (χ0) is 15.6. The van der Waals surface area contributed by atoms with Crippen molar-refractivity contribution >= 4 is 47.8 Å². The van der Waals surface area contributed by atoms with Crippen LogP contribution in [0.15, 0.2) is 43.7 Å². The lowest BCUT2D eigenvalue weighted by atomic mass is 10.1. The van der Waals surface area contributed by atoms with Crippen LogP contribution < -0.4 is 15.2 Å². The van der Waals surface area contributed by atoms with Crippen LogP contribution in [-0.2, 0) is 0 Å². The third-order valence-corrected chi connectivity index (χ3v) is 4.82. The highest BCUT2D eigenvalue weighted by Gasteiger charge is 2.11. The SMILES string of the molecule is COc1cc(Br)c(Oc2ccc([C@@H](C)N)c(Br)c2)cc1Br. The van der Waals surface area contributed by atoms with Gasteiger partial charge in [-0.1, -0.05) is 22.0 Å². The number of hydrogen-bond donors (Lipinski definition) is 1. The lowest BCUT2D eigenvalue weighted by Gasteiger charge is -2.13. The van der Waals surface area contributed by atoms with Gasteiger partial charge >= 0.3 is 0 Å². The van der Waals surface area contributed by atoms with Crippen molar-refractivity contribution in [3.05, 3.63) is 49.3 Å². The Labute approximate surface area is 149 Å². The molecule has 2 aromatic carbocycles. The van der Waals surface area contributed by atoms with Gasteiger partial charge < -0.3 is 15.2 Å². The lowest BCUT2D eigenvalue weighted by Crippen LogP contribution is -2.05. The normalized spacial score (nSPS) is 12.1. The summed E-state index contributed by atoms with van der Waals surface area (Å²) in [5, 5.41) is 0. The van der Waals surface area contributed by atoms with Crippen LogP contribution in [0.1, 0.15) is 18.5 Å². The van der Waals surface area contributed by atoms with E-state index in [-0.39, 0.29) is 6.04 Å². The Kier molecular flexibility index (Phi) is 5.71. The summed E-state index contributed by atoms with van der Waals surface area (Å²) in [4.78, 5) is 0. The minimum atomic E-state index is -0.0321. The average molecular weight is 480 g/mol. The summed E-state index contributed by atoms with van der Waals surface area (Å²) in [7, 11) is 1.62. The summed E-state index contributed by atoms with van der Waals surface area (Å²) in [5.41, 5.74) is 6.93. The van der Waals surface area contributed by atoms with Crippen molar-refractivity contribution in [2.75, 3.05) is 7.11 Å². The van der Waals surface area contributed by atoms with E-state index in [0.717, 1.165) is 30.5 Å². The highest BCUT2D eigenvalue weighted by molar-refractivity contribution is 9.11. The Balaban J connectivity index is 2.30. The minimum Gasteiger partial charge on any atom is -0.496 e. The standard InChI is InChI=1S/C15H14Br3NO2/c1-8(19)10-4-3-9(5-11(10)16)21-15-7-12(17)14(20-2)6-13(15)18/h3-8H,19H2,1-2H3/t8-/m1/s1. The third kappa shape index (κ3) is 4.00. The Hall–Kier alpha value is -0.560. The van der Waals surface area contributed by atoms with E-state index < -0.39 is 0 Å². The fourth-order valence-corrected chi connectivity index (χ4v) is 3.42. The first kappa shape index (κ1) is 16.8.